The number of Topliss-reactive ketones (excluding diaryl/α,β-unsaturated/α-hetero) is 1. The molecule has 0 radical (unpaired) electrons. The number of rotatable bonds is 4. The largest absolute Gasteiger partial charge is 0.489 e. The maximum Gasteiger partial charge on any atom is 0.145 e. The zero-order valence-electron chi connectivity index (χ0n) is 11.7. The van der Waals surface area contributed by atoms with Gasteiger partial charge < -0.3 is 4.74 Å². The first kappa shape index (κ1) is 13.1. The van der Waals surface area contributed by atoms with Gasteiger partial charge in [0.1, 0.15) is 17.6 Å². The third-order valence-electron chi connectivity index (χ3n) is 4.23. The predicted octanol–water partition coefficient (Wildman–Crippen LogP) is 3.95. The summed E-state index contributed by atoms with van der Waals surface area (Å²) in [5, 5.41) is 0. The Hall–Kier alpha value is -1.31. The smallest absolute Gasteiger partial charge is 0.145 e. The first-order valence-electron chi connectivity index (χ1n) is 6.75. The normalized spacial score (nSPS) is 23.3. The van der Waals surface area contributed by atoms with E-state index in [-0.39, 0.29) is 11.5 Å². The molecule has 1 saturated carbocycles. The van der Waals surface area contributed by atoms with Crippen LogP contribution in [0.2, 0.25) is 0 Å². The molecule has 0 spiro atoms. The standard InChI is InChI=1S/C16H22O2/c1-5-11(2)12-6-8-13(9-7-12)18-15-10-14(17)16(15,3)4/h6-9,11,15H,5,10H2,1-4H3. The van der Waals surface area contributed by atoms with E-state index in [0.29, 0.717) is 18.1 Å². The van der Waals surface area contributed by atoms with E-state index >= 15 is 0 Å². The molecule has 2 unspecified atom stereocenters. The molecule has 2 atom stereocenters. The van der Waals surface area contributed by atoms with E-state index in [4.69, 9.17) is 4.74 Å². The van der Waals surface area contributed by atoms with Gasteiger partial charge >= 0.3 is 0 Å². The van der Waals surface area contributed by atoms with Gasteiger partial charge in [0.2, 0.25) is 0 Å². The molecular weight excluding hydrogens is 224 g/mol. The highest BCUT2D eigenvalue weighted by Gasteiger charge is 2.49. The fourth-order valence-electron chi connectivity index (χ4n) is 2.20. The van der Waals surface area contributed by atoms with E-state index < -0.39 is 0 Å². The van der Waals surface area contributed by atoms with Crippen LogP contribution in [0, 0.1) is 5.41 Å². The lowest BCUT2D eigenvalue weighted by molar-refractivity contribution is -0.148. The van der Waals surface area contributed by atoms with Crippen molar-refractivity contribution in [2.45, 2.75) is 52.6 Å². The topological polar surface area (TPSA) is 26.3 Å². The number of carbonyl (C=O) groups is 1. The predicted molar refractivity (Wildman–Crippen MR) is 73.0 cm³/mol. The van der Waals surface area contributed by atoms with Gasteiger partial charge in [-0.3, -0.25) is 4.79 Å². The number of benzene rings is 1. The molecule has 2 rings (SSSR count). The van der Waals surface area contributed by atoms with Gasteiger partial charge in [-0.05, 0) is 43.9 Å². The Morgan fingerprint density at radius 3 is 2.39 bits per heavy atom. The SMILES string of the molecule is CCC(C)c1ccc(OC2CC(=O)C2(C)C)cc1. The zero-order chi connectivity index (χ0) is 13.3. The van der Waals surface area contributed by atoms with Gasteiger partial charge in [0, 0.05) is 6.42 Å². The Kier molecular flexibility index (Phi) is 3.47. The fourth-order valence-corrected chi connectivity index (χ4v) is 2.20. The molecule has 0 heterocycles. The summed E-state index contributed by atoms with van der Waals surface area (Å²) in [7, 11) is 0. The fraction of sp³-hybridized carbons (Fsp3) is 0.562. The van der Waals surface area contributed by atoms with Crippen molar-refractivity contribution in [1.82, 2.24) is 0 Å². The molecule has 0 saturated heterocycles. The maximum atomic E-state index is 11.5. The second-order valence-electron chi connectivity index (χ2n) is 5.83. The van der Waals surface area contributed by atoms with Crippen molar-refractivity contribution in [2.24, 2.45) is 5.41 Å². The number of hydrogen-bond acceptors (Lipinski definition) is 2. The minimum absolute atomic E-state index is 0.0273. The molecule has 0 aromatic heterocycles. The summed E-state index contributed by atoms with van der Waals surface area (Å²) in [6.45, 7) is 8.33. The van der Waals surface area contributed by atoms with Crippen molar-refractivity contribution in [3.63, 3.8) is 0 Å². The van der Waals surface area contributed by atoms with Crippen molar-refractivity contribution in [1.29, 1.82) is 0 Å². The Balaban J connectivity index is 2.01. The molecule has 0 bridgehead atoms. The van der Waals surface area contributed by atoms with Crippen molar-refractivity contribution in [2.75, 3.05) is 0 Å². The second kappa shape index (κ2) is 4.75. The van der Waals surface area contributed by atoms with Gasteiger partial charge in [0.15, 0.2) is 0 Å². The third-order valence-corrected chi connectivity index (χ3v) is 4.23. The minimum atomic E-state index is -0.324. The highest BCUT2D eigenvalue weighted by atomic mass is 16.5. The summed E-state index contributed by atoms with van der Waals surface area (Å²) < 4.78 is 5.88. The molecule has 1 aromatic rings. The number of hydrogen-bond donors (Lipinski definition) is 0. The molecule has 0 aliphatic heterocycles. The molecule has 1 fully saturated rings. The van der Waals surface area contributed by atoms with E-state index in [1.165, 1.54) is 5.56 Å². The number of carbonyl (C=O) groups excluding carboxylic acids is 1. The average Bonchev–Trinajstić information content (AvgIpc) is 2.38. The van der Waals surface area contributed by atoms with Crippen LogP contribution in [0.25, 0.3) is 0 Å². The molecule has 1 aliphatic rings. The summed E-state index contributed by atoms with van der Waals surface area (Å²) >= 11 is 0. The molecule has 0 amide bonds. The molecule has 2 heteroatoms. The lowest BCUT2D eigenvalue weighted by Gasteiger charge is -2.41. The Morgan fingerprint density at radius 2 is 1.94 bits per heavy atom. The number of ketones is 1. The van der Waals surface area contributed by atoms with Crippen molar-refractivity contribution in [3.05, 3.63) is 29.8 Å². The van der Waals surface area contributed by atoms with Crippen LogP contribution < -0.4 is 4.74 Å². The van der Waals surface area contributed by atoms with E-state index in [2.05, 4.69) is 26.0 Å². The van der Waals surface area contributed by atoms with Crippen molar-refractivity contribution in [3.8, 4) is 5.75 Å². The Morgan fingerprint density at radius 1 is 1.33 bits per heavy atom. The minimum Gasteiger partial charge on any atom is -0.489 e. The summed E-state index contributed by atoms with van der Waals surface area (Å²) in [6, 6.07) is 8.27. The van der Waals surface area contributed by atoms with Crippen molar-refractivity contribution >= 4 is 5.78 Å². The van der Waals surface area contributed by atoms with Crippen molar-refractivity contribution < 1.29 is 9.53 Å². The molecule has 1 aromatic carbocycles. The molecular formula is C16H22O2. The maximum absolute atomic E-state index is 11.5. The lowest BCUT2D eigenvalue weighted by atomic mass is 9.68. The summed E-state index contributed by atoms with van der Waals surface area (Å²) in [4.78, 5) is 11.5. The summed E-state index contributed by atoms with van der Waals surface area (Å²) in [6.07, 6.45) is 1.71. The Bertz CT molecular complexity index is 431. The van der Waals surface area contributed by atoms with Gasteiger partial charge in [-0.25, -0.2) is 0 Å². The molecule has 0 N–H and O–H groups in total. The first-order chi connectivity index (χ1) is 8.45. The zero-order valence-corrected chi connectivity index (χ0v) is 11.7. The Labute approximate surface area is 109 Å². The molecule has 18 heavy (non-hydrogen) atoms. The quantitative estimate of drug-likeness (QED) is 0.804. The van der Waals surface area contributed by atoms with Crippen LogP contribution in [-0.4, -0.2) is 11.9 Å². The highest BCUT2D eigenvalue weighted by Crippen LogP contribution is 2.39. The summed E-state index contributed by atoms with van der Waals surface area (Å²) in [5.41, 5.74) is 1.02. The average molecular weight is 246 g/mol. The van der Waals surface area contributed by atoms with Gasteiger partial charge in [-0.2, -0.15) is 0 Å². The molecule has 98 valence electrons. The van der Waals surface area contributed by atoms with Crippen LogP contribution in [0.3, 0.4) is 0 Å². The van der Waals surface area contributed by atoms with Crippen LogP contribution in [0.5, 0.6) is 5.75 Å². The van der Waals surface area contributed by atoms with E-state index in [9.17, 15) is 4.79 Å². The summed E-state index contributed by atoms with van der Waals surface area (Å²) in [5.74, 6) is 1.75. The van der Waals surface area contributed by atoms with Crippen LogP contribution in [0.4, 0.5) is 0 Å². The molecule has 1 aliphatic carbocycles. The van der Waals surface area contributed by atoms with Crippen LogP contribution in [0.15, 0.2) is 24.3 Å². The molecule has 2 nitrogen and oxygen atoms in total. The van der Waals surface area contributed by atoms with Crippen LogP contribution >= 0.6 is 0 Å². The van der Waals surface area contributed by atoms with Gasteiger partial charge in [-0.1, -0.05) is 26.0 Å². The first-order valence-corrected chi connectivity index (χ1v) is 6.75. The lowest BCUT2D eigenvalue weighted by Crippen LogP contribution is -2.52. The van der Waals surface area contributed by atoms with E-state index in [1.807, 2.05) is 26.0 Å². The van der Waals surface area contributed by atoms with Crippen LogP contribution in [-0.2, 0) is 4.79 Å². The third kappa shape index (κ3) is 2.29. The number of ether oxygens (including phenoxy) is 1. The van der Waals surface area contributed by atoms with Crippen LogP contribution in [0.1, 0.15) is 52.0 Å². The van der Waals surface area contributed by atoms with E-state index in [0.717, 1.165) is 12.2 Å². The van der Waals surface area contributed by atoms with Gasteiger partial charge in [-0.15, -0.1) is 0 Å². The second-order valence-corrected chi connectivity index (χ2v) is 5.83. The van der Waals surface area contributed by atoms with E-state index in [1.54, 1.807) is 0 Å². The highest BCUT2D eigenvalue weighted by molar-refractivity contribution is 5.91. The monoisotopic (exact) mass is 246 g/mol. The van der Waals surface area contributed by atoms with Gasteiger partial charge in [0.25, 0.3) is 0 Å². The van der Waals surface area contributed by atoms with Gasteiger partial charge in [0.05, 0.1) is 5.41 Å².